The Morgan fingerprint density at radius 3 is 2.57 bits per heavy atom. The summed E-state index contributed by atoms with van der Waals surface area (Å²) in [5.41, 5.74) is 3.28. The van der Waals surface area contributed by atoms with E-state index in [-0.39, 0.29) is 18.2 Å². The first-order valence-corrected chi connectivity index (χ1v) is 9.03. The molecule has 0 aliphatic heterocycles. The smallest absolute Gasteiger partial charge is 0.243 e. The zero-order valence-corrected chi connectivity index (χ0v) is 16.4. The van der Waals surface area contributed by atoms with Gasteiger partial charge in [-0.25, -0.2) is 14.4 Å². The molecule has 28 heavy (non-hydrogen) atoms. The van der Waals surface area contributed by atoms with Crippen molar-refractivity contribution >= 4 is 28.3 Å². The van der Waals surface area contributed by atoms with Gasteiger partial charge in [-0.1, -0.05) is 18.2 Å². The number of aryl methyl sites for hydroxylation is 2. The molecular weight excluding hydrogens is 359 g/mol. The van der Waals surface area contributed by atoms with Crippen LogP contribution in [0.25, 0.3) is 10.9 Å². The van der Waals surface area contributed by atoms with Gasteiger partial charge < -0.3 is 15.0 Å². The lowest BCUT2D eigenvalue weighted by atomic mass is 10.1. The van der Waals surface area contributed by atoms with Crippen LogP contribution in [0.2, 0.25) is 0 Å². The third kappa shape index (κ3) is 3.88. The highest BCUT2D eigenvalue weighted by atomic mass is 19.1. The Morgan fingerprint density at radius 1 is 1.21 bits per heavy atom. The standard InChI is InChI=1S/C21H23FN4O2/c1-5-26(11-19(27)25-20-13(2)7-6-8-14(20)3)21-15-9-18(28-4)16(22)10-17(15)23-12-24-21/h6-10,12H,5,11H2,1-4H3,(H,25,27). The molecular formula is C21H23FN4O2. The van der Waals surface area contributed by atoms with Gasteiger partial charge in [-0.2, -0.15) is 0 Å². The van der Waals surface area contributed by atoms with E-state index in [0.29, 0.717) is 23.3 Å². The highest BCUT2D eigenvalue weighted by molar-refractivity contribution is 5.97. The molecule has 1 aromatic heterocycles. The maximum absolute atomic E-state index is 14.0. The fourth-order valence-corrected chi connectivity index (χ4v) is 3.15. The van der Waals surface area contributed by atoms with E-state index in [2.05, 4.69) is 15.3 Å². The fraction of sp³-hybridized carbons (Fsp3) is 0.286. The third-order valence-electron chi connectivity index (χ3n) is 4.65. The number of nitrogens with one attached hydrogen (secondary N) is 1. The number of carbonyl (C=O) groups is 1. The summed E-state index contributed by atoms with van der Waals surface area (Å²) in [4.78, 5) is 23.0. The monoisotopic (exact) mass is 382 g/mol. The molecule has 0 bridgehead atoms. The van der Waals surface area contributed by atoms with E-state index in [4.69, 9.17) is 4.74 Å². The second-order valence-electron chi connectivity index (χ2n) is 6.53. The molecule has 0 unspecified atom stereocenters. The number of methoxy groups -OCH3 is 1. The maximum atomic E-state index is 14.0. The van der Waals surface area contributed by atoms with Gasteiger partial charge >= 0.3 is 0 Å². The molecule has 0 aliphatic rings. The molecule has 3 rings (SSSR count). The van der Waals surface area contributed by atoms with Crippen molar-refractivity contribution in [3.8, 4) is 5.75 Å². The van der Waals surface area contributed by atoms with Crippen LogP contribution in [0.5, 0.6) is 5.75 Å². The van der Waals surface area contributed by atoms with Crippen LogP contribution in [0.1, 0.15) is 18.1 Å². The highest BCUT2D eigenvalue weighted by Crippen LogP contribution is 2.29. The number of likely N-dealkylation sites (N-methyl/N-ethyl adjacent to an activating group) is 1. The number of fused-ring (bicyclic) bond motifs is 1. The second-order valence-corrected chi connectivity index (χ2v) is 6.53. The van der Waals surface area contributed by atoms with Crippen LogP contribution < -0.4 is 15.0 Å². The molecule has 0 aliphatic carbocycles. The van der Waals surface area contributed by atoms with E-state index in [1.54, 1.807) is 6.07 Å². The zero-order valence-electron chi connectivity index (χ0n) is 16.4. The predicted octanol–water partition coefficient (Wildman–Crippen LogP) is 3.86. The van der Waals surface area contributed by atoms with Gasteiger partial charge in [0, 0.05) is 23.7 Å². The molecule has 0 saturated heterocycles. The summed E-state index contributed by atoms with van der Waals surface area (Å²) in [6.07, 6.45) is 1.37. The normalized spacial score (nSPS) is 10.8. The number of benzene rings is 2. The molecule has 7 heteroatoms. The minimum absolute atomic E-state index is 0.107. The van der Waals surface area contributed by atoms with Crippen molar-refractivity contribution in [2.75, 3.05) is 30.4 Å². The Balaban J connectivity index is 1.90. The topological polar surface area (TPSA) is 67.4 Å². The molecule has 2 aromatic carbocycles. The van der Waals surface area contributed by atoms with Crippen LogP contribution >= 0.6 is 0 Å². The lowest BCUT2D eigenvalue weighted by molar-refractivity contribution is -0.115. The van der Waals surface area contributed by atoms with Crippen LogP contribution in [-0.2, 0) is 4.79 Å². The molecule has 1 N–H and O–H groups in total. The van der Waals surface area contributed by atoms with Crippen molar-refractivity contribution < 1.29 is 13.9 Å². The van der Waals surface area contributed by atoms with Gasteiger partial charge in [-0.15, -0.1) is 0 Å². The number of nitrogens with zero attached hydrogens (tertiary/aromatic N) is 3. The number of hydrogen-bond donors (Lipinski definition) is 1. The maximum Gasteiger partial charge on any atom is 0.243 e. The Morgan fingerprint density at radius 2 is 1.93 bits per heavy atom. The van der Waals surface area contributed by atoms with Crippen molar-refractivity contribution in [3.63, 3.8) is 0 Å². The number of amides is 1. The van der Waals surface area contributed by atoms with Gasteiger partial charge in [0.25, 0.3) is 0 Å². The molecule has 0 saturated carbocycles. The van der Waals surface area contributed by atoms with Crippen LogP contribution in [0.15, 0.2) is 36.7 Å². The largest absolute Gasteiger partial charge is 0.494 e. The number of carbonyl (C=O) groups excluding carboxylic acids is 1. The molecule has 1 heterocycles. The van der Waals surface area contributed by atoms with Gasteiger partial charge in [0.2, 0.25) is 5.91 Å². The van der Waals surface area contributed by atoms with Crippen molar-refractivity contribution in [2.45, 2.75) is 20.8 Å². The number of ether oxygens (including phenoxy) is 1. The lowest BCUT2D eigenvalue weighted by Crippen LogP contribution is -2.34. The number of aromatic nitrogens is 2. The molecule has 0 fully saturated rings. The van der Waals surface area contributed by atoms with Crippen LogP contribution in [-0.4, -0.2) is 36.1 Å². The average Bonchev–Trinajstić information content (AvgIpc) is 2.68. The quantitative estimate of drug-likeness (QED) is 0.701. The van der Waals surface area contributed by atoms with Crippen molar-refractivity contribution in [3.05, 3.63) is 53.6 Å². The van der Waals surface area contributed by atoms with E-state index in [9.17, 15) is 9.18 Å². The zero-order chi connectivity index (χ0) is 20.3. The first kappa shape index (κ1) is 19.5. The minimum atomic E-state index is -0.490. The molecule has 146 valence electrons. The Labute approximate surface area is 163 Å². The van der Waals surface area contributed by atoms with Crippen LogP contribution in [0, 0.1) is 19.7 Å². The average molecular weight is 382 g/mol. The summed E-state index contributed by atoms with van der Waals surface area (Å²) in [6.45, 7) is 6.50. The molecule has 1 amide bonds. The molecule has 3 aromatic rings. The van der Waals surface area contributed by atoms with Crippen molar-refractivity contribution in [1.29, 1.82) is 0 Å². The number of para-hydroxylation sites is 1. The number of rotatable bonds is 6. The Kier molecular flexibility index (Phi) is 5.73. The minimum Gasteiger partial charge on any atom is -0.494 e. The summed E-state index contributed by atoms with van der Waals surface area (Å²) in [6, 6.07) is 8.74. The van der Waals surface area contributed by atoms with Crippen LogP contribution in [0.4, 0.5) is 15.9 Å². The van der Waals surface area contributed by atoms with E-state index in [1.807, 2.05) is 43.9 Å². The number of hydrogen-bond acceptors (Lipinski definition) is 5. The molecule has 0 atom stereocenters. The highest BCUT2D eigenvalue weighted by Gasteiger charge is 2.17. The van der Waals surface area contributed by atoms with Gasteiger partial charge in [0.1, 0.15) is 12.1 Å². The van der Waals surface area contributed by atoms with E-state index < -0.39 is 5.82 Å². The first-order chi connectivity index (χ1) is 13.4. The van der Waals surface area contributed by atoms with Gasteiger partial charge in [0.05, 0.1) is 19.2 Å². The Bertz CT molecular complexity index is 1000. The summed E-state index contributed by atoms with van der Waals surface area (Å²) in [5.74, 6) is 0.0256. The van der Waals surface area contributed by atoms with Crippen LogP contribution in [0.3, 0.4) is 0 Å². The first-order valence-electron chi connectivity index (χ1n) is 9.03. The molecule has 0 spiro atoms. The van der Waals surface area contributed by atoms with E-state index in [1.165, 1.54) is 19.5 Å². The summed E-state index contributed by atoms with van der Waals surface area (Å²) >= 11 is 0. The second kappa shape index (κ2) is 8.21. The summed E-state index contributed by atoms with van der Waals surface area (Å²) in [5, 5.41) is 3.61. The molecule has 6 nitrogen and oxygen atoms in total. The SMILES string of the molecule is CCN(CC(=O)Nc1c(C)cccc1C)c1ncnc2cc(F)c(OC)cc12. The molecule has 0 radical (unpaired) electrons. The van der Waals surface area contributed by atoms with Crippen molar-refractivity contribution in [1.82, 2.24) is 9.97 Å². The van der Waals surface area contributed by atoms with Gasteiger partial charge in [-0.3, -0.25) is 4.79 Å². The number of halogens is 1. The summed E-state index contributed by atoms with van der Waals surface area (Å²) in [7, 11) is 1.41. The van der Waals surface area contributed by atoms with E-state index >= 15 is 0 Å². The summed E-state index contributed by atoms with van der Waals surface area (Å²) < 4.78 is 19.1. The van der Waals surface area contributed by atoms with E-state index in [0.717, 1.165) is 16.8 Å². The van der Waals surface area contributed by atoms with Crippen molar-refractivity contribution in [2.24, 2.45) is 0 Å². The fourth-order valence-electron chi connectivity index (χ4n) is 3.15. The van der Waals surface area contributed by atoms with Gasteiger partial charge in [-0.05, 0) is 38.0 Å². The number of anilines is 2. The lowest BCUT2D eigenvalue weighted by Gasteiger charge is -2.23. The predicted molar refractivity (Wildman–Crippen MR) is 108 cm³/mol. The third-order valence-corrected chi connectivity index (χ3v) is 4.65. The van der Waals surface area contributed by atoms with Gasteiger partial charge in [0.15, 0.2) is 11.6 Å². The Hall–Kier alpha value is -3.22.